The molecule has 0 saturated heterocycles. The lowest BCUT2D eigenvalue weighted by molar-refractivity contribution is 0.550. The molecular formula is C14H18N2O. The maximum atomic E-state index is 12.1. The molecule has 0 aliphatic carbocycles. The standard InChI is InChI=1S/C14H18N2O/c1-11(15)5-4-9-16-10-8-12-6-2-3-7-13(12)14(16)17/h2-3,6-8,10-11H,4-5,9,15H2,1H3. The van der Waals surface area contributed by atoms with E-state index >= 15 is 0 Å². The molecule has 0 saturated carbocycles. The Morgan fingerprint density at radius 3 is 2.82 bits per heavy atom. The second-order valence-electron chi connectivity index (χ2n) is 4.52. The van der Waals surface area contributed by atoms with E-state index in [0.29, 0.717) is 0 Å². The van der Waals surface area contributed by atoms with Gasteiger partial charge in [0, 0.05) is 24.2 Å². The van der Waals surface area contributed by atoms with Crippen molar-refractivity contribution in [1.82, 2.24) is 4.57 Å². The van der Waals surface area contributed by atoms with Crippen LogP contribution >= 0.6 is 0 Å². The fraction of sp³-hybridized carbons (Fsp3) is 0.357. The molecule has 2 N–H and O–H groups in total. The number of nitrogens with zero attached hydrogens (tertiary/aromatic N) is 1. The summed E-state index contributed by atoms with van der Waals surface area (Å²) in [5, 5.41) is 1.79. The van der Waals surface area contributed by atoms with Crippen LogP contribution in [-0.4, -0.2) is 10.6 Å². The lowest BCUT2D eigenvalue weighted by Crippen LogP contribution is -2.21. The molecule has 0 amide bonds. The Bertz CT molecular complexity index is 557. The van der Waals surface area contributed by atoms with E-state index < -0.39 is 0 Å². The third-order valence-corrected chi connectivity index (χ3v) is 2.94. The smallest absolute Gasteiger partial charge is 0.258 e. The molecule has 2 aromatic rings. The molecule has 0 radical (unpaired) electrons. The molecule has 1 atom stereocenters. The molecule has 0 aliphatic rings. The van der Waals surface area contributed by atoms with E-state index in [2.05, 4.69) is 0 Å². The first kappa shape index (κ1) is 11.9. The molecule has 1 heterocycles. The maximum absolute atomic E-state index is 12.1. The Morgan fingerprint density at radius 2 is 2.06 bits per heavy atom. The van der Waals surface area contributed by atoms with E-state index in [1.54, 1.807) is 4.57 Å². The largest absolute Gasteiger partial charge is 0.328 e. The van der Waals surface area contributed by atoms with Crippen molar-refractivity contribution in [2.45, 2.75) is 32.4 Å². The van der Waals surface area contributed by atoms with Gasteiger partial charge in [-0.2, -0.15) is 0 Å². The molecular weight excluding hydrogens is 212 g/mol. The lowest BCUT2D eigenvalue weighted by Gasteiger charge is -2.08. The normalized spacial score (nSPS) is 12.8. The van der Waals surface area contributed by atoms with Gasteiger partial charge in [0.05, 0.1) is 0 Å². The molecule has 0 bridgehead atoms. The minimum atomic E-state index is 0.0905. The van der Waals surface area contributed by atoms with Crippen molar-refractivity contribution in [3.63, 3.8) is 0 Å². The van der Waals surface area contributed by atoms with Crippen LogP contribution in [0, 0.1) is 0 Å². The van der Waals surface area contributed by atoms with Gasteiger partial charge in [-0.05, 0) is 37.3 Å². The molecule has 3 nitrogen and oxygen atoms in total. The van der Waals surface area contributed by atoms with Crippen molar-refractivity contribution in [2.75, 3.05) is 0 Å². The minimum absolute atomic E-state index is 0.0905. The molecule has 3 heteroatoms. The SMILES string of the molecule is CC(N)CCCn1ccc2ccccc2c1=O. The van der Waals surface area contributed by atoms with Crippen LogP contribution in [0.25, 0.3) is 10.8 Å². The van der Waals surface area contributed by atoms with E-state index in [9.17, 15) is 4.79 Å². The highest BCUT2D eigenvalue weighted by molar-refractivity contribution is 5.81. The van der Waals surface area contributed by atoms with Gasteiger partial charge in [-0.25, -0.2) is 0 Å². The van der Waals surface area contributed by atoms with Crippen molar-refractivity contribution >= 4 is 10.8 Å². The number of benzene rings is 1. The van der Waals surface area contributed by atoms with Gasteiger partial charge in [-0.1, -0.05) is 18.2 Å². The Balaban J connectivity index is 2.24. The highest BCUT2D eigenvalue weighted by atomic mass is 16.1. The van der Waals surface area contributed by atoms with E-state index in [-0.39, 0.29) is 11.6 Å². The molecule has 0 spiro atoms. The first-order chi connectivity index (χ1) is 8.18. The minimum Gasteiger partial charge on any atom is -0.328 e. The summed E-state index contributed by atoms with van der Waals surface area (Å²) in [4.78, 5) is 12.1. The van der Waals surface area contributed by atoms with Gasteiger partial charge < -0.3 is 10.3 Å². The van der Waals surface area contributed by atoms with Crippen LogP contribution in [0.3, 0.4) is 0 Å². The zero-order valence-electron chi connectivity index (χ0n) is 10.1. The van der Waals surface area contributed by atoms with Gasteiger partial charge in [-0.3, -0.25) is 4.79 Å². The van der Waals surface area contributed by atoms with Crippen LogP contribution in [-0.2, 0) is 6.54 Å². The van der Waals surface area contributed by atoms with Crippen LogP contribution in [0.5, 0.6) is 0 Å². The zero-order valence-corrected chi connectivity index (χ0v) is 10.1. The van der Waals surface area contributed by atoms with Crippen molar-refractivity contribution in [3.8, 4) is 0 Å². The molecule has 90 valence electrons. The molecule has 17 heavy (non-hydrogen) atoms. The Morgan fingerprint density at radius 1 is 1.29 bits per heavy atom. The molecule has 0 fully saturated rings. The van der Waals surface area contributed by atoms with Gasteiger partial charge in [0.25, 0.3) is 5.56 Å². The number of fused-ring (bicyclic) bond motifs is 1. The predicted octanol–water partition coefficient (Wildman–Crippen LogP) is 2.13. The van der Waals surface area contributed by atoms with Crippen LogP contribution in [0.15, 0.2) is 41.3 Å². The van der Waals surface area contributed by atoms with Crippen LogP contribution in [0.4, 0.5) is 0 Å². The zero-order chi connectivity index (χ0) is 12.3. The molecule has 0 aliphatic heterocycles. The van der Waals surface area contributed by atoms with Gasteiger partial charge >= 0.3 is 0 Å². The summed E-state index contributed by atoms with van der Waals surface area (Å²) in [5.74, 6) is 0. The predicted molar refractivity (Wildman–Crippen MR) is 71.1 cm³/mol. The van der Waals surface area contributed by atoms with E-state index in [4.69, 9.17) is 5.73 Å². The third-order valence-electron chi connectivity index (χ3n) is 2.94. The van der Waals surface area contributed by atoms with Gasteiger partial charge in [0.1, 0.15) is 0 Å². The third kappa shape index (κ3) is 2.74. The maximum Gasteiger partial charge on any atom is 0.258 e. The molecule has 1 aromatic carbocycles. The van der Waals surface area contributed by atoms with Gasteiger partial charge in [0.2, 0.25) is 0 Å². The number of aromatic nitrogens is 1. The molecule has 1 unspecified atom stereocenters. The van der Waals surface area contributed by atoms with Crippen molar-refractivity contribution in [3.05, 3.63) is 46.9 Å². The number of hydrogen-bond acceptors (Lipinski definition) is 2. The van der Waals surface area contributed by atoms with Crippen molar-refractivity contribution < 1.29 is 0 Å². The number of aryl methyl sites for hydroxylation is 1. The lowest BCUT2D eigenvalue weighted by atomic mass is 10.1. The number of hydrogen-bond donors (Lipinski definition) is 1. The van der Waals surface area contributed by atoms with E-state index in [1.165, 1.54) is 0 Å². The van der Waals surface area contributed by atoms with Crippen LogP contribution in [0.1, 0.15) is 19.8 Å². The summed E-state index contributed by atoms with van der Waals surface area (Å²) in [6.07, 6.45) is 3.75. The Labute approximate surface area is 101 Å². The number of pyridine rings is 1. The first-order valence-electron chi connectivity index (χ1n) is 6.02. The number of nitrogens with two attached hydrogens (primary N) is 1. The summed E-state index contributed by atoms with van der Waals surface area (Å²) in [6.45, 7) is 2.73. The van der Waals surface area contributed by atoms with Gasteiger partial charge in [-0.15, -0.1) is 0 Å². The van der Waals surface area contributed by atoms with Crippen LogP contribution in [0.2, 0.25) is 0 Å². The molecule has 1 aromatic heterocycles. The van der Waals surface area contributed by atoms with Crippen molar-refractivity contribution in [1.29, 1.82) is 0 Å². The quantitative estimate of drug-likeness (QED) is 0.874. The highest BCUT2D eigenvalue weighted by Crippen LogP contribution is 2.08. The highest BCUT2D eigenvalue weighted by Gasteiger charge is 2.02. The van der Waals surface area contributed by atoms with Gasteiger partial charge in [0.15, 0.2) is 0 Å². The average molecular weight is 230 g/mol. The second kappa shape index (κ2) is 5.15. The fourth-order valence-corrected chi connectivity index (χ4v) is 1.99. The number of rotatable bonds is 4. The summed E-state index contributed by atoms with van der Waals surface area (Å²) < 4.78 is 1.77. The monoisotopic (exact) mass is 230 g/mol. The summed E-state index contributed by atoms with van der Waals surface area (Å²) in [6, 6.07) is 9.87. The summed E-state index contributed by atoms with van der Waals surface area (Å²) in [5.41, 5.74) is 5.79. The van der Waals surface area contributed by atoms with E-state index in [0.717, 1.165) is 30.2 Å². The Kier molecular flexibility index (Phi) is 3.59. The van der Waals surface area contributed by atoms with E-state index in [1.807, 2.05) is 43.5 Å². The van der Waals surface area contributed by atoms with Crippen molar-refractivity contribution in [2.24, 2.45) is 5.73 Å². The summed E-state index contributed by atoms with van der Waals surface area (Å²) in [7, 11) is 0. The topological polar surface area (TPSA) is 48.0 Å². The second-order valence-corrected chi connectivity index (χ2v) is 4.52. The molecule has 2 rings (SSSR count). The fourth-order valence-electron chi connectivity index (χ4n) is 1.99. The first-order valence-corrected chi connectivity index (χ1v) is 6.02. The van der Waals surface area contributed by atoms with Crippen LogP contribution < -0.4 is 11.3 Å². The Hall–Kier alpha value is -1.61. The average Bonchev–Trinajstić information content (AvgIpc) is 2.32. The summed E-state index contributed by atoms with van der Waals surface area (Å²) >= 11 is 0.